The van der Waals surface area contributed by atoms with Gasteiger partial charge in [-0.15, -0.1) is 24.0 Å². The van der Waals surface area contributed by atoms with E-state index in [1.165, 1.54) is 0 Å². The van der Waals surface area contributed by atoms with Crippen molar-refractivity contribution in [1.82, 2.24) is 25.7 Å². The van der Waals surface area contributed by atoms with E-state index in [-0.39, 0.29) is 30.0 Å². The van der Waals surface area contributed by atoms with E-state index in [0.717, 1.165) is 49.7 Å². The van der Waals surface area contributed by atoms with Crippen molar-refractivity contribution in [3.63, 3.8) is 0 Å². The van der Waals surface area contributed by atoms with Crippen LogP contribution in [-0.4, -0.2) is 53.2 Å². The smallest absolute Gasteiger partial charge is 0.357 e. The Morgan fingerprint density at radius 3 is 2.65 bits per heavy atom. The number of alkyl halides is 3. The van der Waals surface area contributed by atoms with Gasteiger partial charge in [0, 0.05) is 38.6 Å². The van der Waals surface area contributed by atoms with Gasteiger partial charge in [0.1, 0.15) is 0 Å². The molecule has 1 unspecified atom stereocenters. The van der Waals surface area contributed by atoms with Gasteiger partial charge in [-0.05, 0) is 38.0 Å². The molecule has 2 aromatic rings. The van der Waals surface area contributed by atoms with Crippen LogP contribution in [-0.2, 0) is 19.1 Å². The highest BCUT2D eigenvalue weighted by atomic mass is 127. The summed E-state index contributed by atoms with van der Waals surface area (Å²) >= 11 is 0. The van der Waals surface area contributed by atoms with E-state index in [4.69, 9.17) is 4.52 Å². The minimum atomic E-state index is -4.30. The standard InChI is InChI=1S/C20H27F3N6O.HI/c1-3-24-19(25-10-8-18-26-14(2)28-30-18)27-17-9-11-29(13-17)12-15-4-6-16(7-5-15)20(21,22)23;/h4-7,17H,3,8-13H2,1-2H3,(H2,24,25,27);1H. The van der Waals surface area contributed by atoms with Crippen molar-refractivity contribution >= 4 is 29.9 Å². The number of aliphatic imine (C=N–C) groups is 1. The molecule has 172 valence electrons. The molecule has 3 rings (SSSR count). The molecule has 1 aliphatic rings. The Labute approximate surface area is 196 Å². The van der Waals surface area contributed by atoms with Gasteiger partial charge in [0.15, 0.2) is 11.8 Å². The Hall–Kier alpha value is -1.89. The molecule has 1 aromatic heterocycles. The van der Waals surface area contributed by atoms with E-state index in [0.29, 0.717) is 31.2 Å². The second-order valence-electron chi connectivity index (χ2n) is 7.31. The van der Waals surface area contributed by atoms with E-state index in [1.807, 2.05) is 6.92 Å². The van der Waals surface area contributed by atoms with Gasteiger partial charge in [0.2, 0.25) is 5.89 Å². The quantitative estimate of drug-likeness (QED) is 0.312. The first-order valence-corrected chi connectivity index (χ1v) is 10.1. The van der Waals surface area contributed by atoms with Gasteiger partial charge in [0.25, 0.3) is 0 Å². The second kappa shape index (κ2) is 11.7. The van der Waals surface area contributed by atoms with Crippen LogP contribution in [0.3, 0.4) is 0 Å². The molecular formula is C20H28F3IN6O. The fraction of sp³-hybridized carbons (Fsp3) is 0.550. The summed E-state index contributed by atoms with van der Waals surface area (Å²) in [5, 5.41) is 10.4. The van der Waals surface area contributed by atoms with Crippen molar-refractivity contribution in [1.29, 1.82) is 0 Å². The average molecular weight is 552 g/mol. The van der Waals surface area contributed by atoms with E-state index in [9.17, 15) is 13.2 Å². The lowest BCUT2D eigenvalue weighted by molar-refractivity contribution is -0.137. The van der Waals surface area contributed by atoms with Crippen molar-refractivity contribution in [3.05, 3.63) is 47.1 Å². The molecule has 7 nitrogen and oxygen atoms in total. The summed E-state index contributed by atoms with van der Waals surface area (Å²) in [5.74, 6) is 1.91. The Balaban J connectivity index is 0.00000341. The number of hydrogen-bond acceptors (Lipinski definition) is 5. The molecule has 1 fully saturated rings. The normalized spacial score (nSPS) is 17.5. The maximum absolute atomic E-state index is 12.7. The molecule has 31 heavy (non-hydrogen) atoms. The molecule has 0 bridgehead atoms. The summed E-state index contributed by atoms with van der Waals surface area (Å²) in [5.41, 5.74) is 0.258. The lowest BCUT2D eigenvalue weighted by Crippen LogP contribution is -2.44. The Morgan fingerprint density at radius 2 is 2.03 bits per heavy atom. The topological polar surface area (TPSA) is 78.6 Å². The summed E-state index contributed by atoms with van der Waals surface area (Å²) in [7, 11) is 0. The number of aryl methyl sites for hydroxylation is 1. The molecular weight excluding hydrogens is 524 g/mol. The zero-order valence-electron chi connectivity index (χ0n) is 17.6. The molecule has 1 atom stereocenters. The summed E-state index contributed by atoms with van der Waals surface area (Å²) in [4.78, 5) is 11.0. The van der Waals surface area contributed by atoms with E-state index < -0.39 is 11.7 Å². The van der Waals surface area contributed by atoms with E-state index >= 15 is 0 Å². The van der Waals surface area contributed by atoms with Gasteiger partial charge < -0.3 is 15.2 Å². The zero-order chi connectivity index (χ0) is 21.6. The summed E-state index contributed by atoms with van der Waals surface area (Å²) < 4.78 is 43.2. The number of benzene rings is 1. The number of hydrogen-bond donors (Lipinski definition) is 2. The van der Waals surface area contributed by atoms with Gasteiger partial charge in [-0.25, -0.2) is 0 Å². The summed E-state index contributed by atoms with van der Waals surface area (Å²) in [6, 6.07) is 5.61. The second-order valence-corrected chi connectivity index (χ2v) is 7.31. The number of rotatable bonds is 7. The Bertz CT molecular complexity index is 840. The molecule has 2 N–H and O–H groups in total. The van der Waals surface area contributed by atoms with Crippen LogP contribution in [0.15, 0.2) is 33.8 Å². The Kier molecular flexibility index (Phi) is 9.54. The number of likely N-dealkylation sites (tertiary alicyclic amines) is 1. The highest BCUT2D eigenvalue weighted by molar-refractivity contribution is 14.0. The summed E-state index contributed by atoms with van der Waals surface area (Å²) in [6.45, 7) is 7.35. The molecule has 0 spiro atoms. The third kappa shape index (κ3) is 7.95. The van der Waals surface area contributed by atoms with Gasteiger partial charge in [-0.3, -0.25) is 9.89 Å². The molecule has 11 heteroatoms. The van der Waals surface area contributed by atoms with E-state index in [2.05, 4.69) is 30.7 Å². The van der Waals surface area contributed by atoms with Crippen LogP contribution in [0.1, 0.15) is 36.2 Å². The van der Waals surface area contributed by atoms with Gasteiger partial charge >= 0.3 is 6.18 Å². The van der Waals surface area contributed by atoms with Crippen molar-refractivity contribution in [2.75, 3.05) is 26.2 Å². The van der Waals surface area contributed by atoms with Crippen LogP contribution in [0.4, 0.5) is 13.2 Å². The first-order chi connectivity index (χ1) is 14.3. The predicted molar refractivity (Wildman–Crippen MR) is 122 cm³/mol. The number of aromatic nitrogens is 2. The van der Waals surface area contributed by atoms with Crippen molar-refractivity contribution in [3.8, 4) is 0 Å². The largest absolute Gasteiger partial charge is 0.416 e. The van der Waals surface area contributed by atoms with Crippen LogP contribution in [0.2, 0.25) is 0 Å². The molecule has 1 saturated heterocycles. The van der Waals surface area contributed by atoms with Crippen LogP contribution in [0, 0.1) is 6.92 Å². The molecule has 0 radical (unpaired) electrons. The molecule has 1 aliphatic heterocycles. The van der Waals surface area contributed by atoms with Crippen molar-refractivity contribution in [2.24, 2.45) is 4.99 Å². The average Bonchev–Trinajstić information content (AvgIpc) is 3.30. The van der Waals surface area contributed by atoms with Crippen molar-refractivity contribution < 1.29 is 17.7 Å². The Morgan fingerprint density at radius 1 is 1.29 bits per heavy atom. The fourth-order valence-electron chi connectivity index (χ4n) is 3.37. The van der Waals surface area contributed by atoms with Crippen LogP contribution in [0.5, 0.6) is 0 Å². The zero-order valence-corrected chi connectivity index (χ0v) is 19.9. The lowest BCUT2D eigenvalue weighted by Gasteiger charge is -2.19. The van der Waals surface area contributed by atoms with Crippen LogP contribution >= 0.6 is 24.0 Å². The fourth-order valence-corrected chi connectivity index (χ4v) is 3.37. The minimum absolute atomic E-state index is 0. The first kappa shape index (κ1) is 25.4. The van der Waals surface area contributed by atoms with E-state index in [1.54, 1.807) is 19.1 Å². The molecule has 0 saturated carbocycles. The SMILES string of the molecule is CCNC(=NCCc1nc(C)no1)NC1CCN(Cc2ccc(C(F)(F)F)cc2)C1.I. The number of halogens is 4. The number of nitrogens with one attached hydrogen (secondary N) is 2. The molecule has 1 aromatic carbocycles. The molecule has 0 amide bonds. The number of nitrogens with zero attached hydrogens (tertiary/aromatic N) is 4. The van der Waals surface area contributed by atoms with Crippen molar-refractivity contribution in [2.45, 2.75) is 45.5 Å². The highest BCUT2D eigenvalue weighted by Crippen LogP contribution is 2.29. The third-order valence-electron chi connectivity index (χ3n) is 4.81. The van der Waals surface area contributed by atoms with Crippen LogP contribution < -0.4 is 10.6 Å². The predicted octanol–water partition coefficient (Wildman–Crippen LogP) is 3.39. The third-order valence-corrected chi connectivity index (χ3v) is 4.81. The highest BCUT2D eigenvalue weighted by Gasteiger charge is 2.30. The minimum Gasteiger partial charge on any atom is -0.357 e. The summed E-state index contributed by atoms with van der Waals surface area (Å²) in [6.07, 6.45) is -2.79. The maximum Gasteiger partial charge on any atom is 0.416 e. The molecule has 2 heterocycles. The van der Waals surface area contributed by atoms with Crippen LogP contribution in [0.25, 0.3) is 0 Å². The van der Waals surface area contributed by atoms with Gasteiger partial charge in [0.05, 0.1) is 12.1 Å². The first-order valence-electron chi connectivity index (χ1n) is 10.1. The van der Waals surface area contributed by atoms with Gasteiger partial charge in [-0.2, -0.15) is 18.2 Å². The monoisotopic (exact) mass is 552 g/mol. The lowest BCUT2D eigenvalue weighted by atomic mass is 10.1. The maximum atomic E-state index is 12.7. The molecule has 0 aliphatic carbocycles. The number of guanidine groups is 1. The van der Waals surface area contributed by atoms with Gasteiger partial charge in [-0.1, -0.05) is 17.3 Å².